The van der Waals surface area contributed by atoms with Gasteiger partial charge in [-0.2, -0.15) is 0 Å². The molecule has 0 aliphatic rings. The zero-order valence-electron chi connectivity index (χ0n) is 11.5. The van der Waals surface area contributed by atoms with E-state index in [-0.39, 0.29) is 17.2 Å². The van der Waals surface area contributed by atoms with Crippen LogP contribution in [0.3, 0.4) is 0 Å². The maximum atomic E-state index is 12.1. The van der Waals surface area contributed by atoms with E-state index in [1.165, 1.54) is 25.3 Å². The van der Waals surface area contributed by atoms with Gasteiger partial charge in [0.1, 0.15) is 10.6 Å². The fourth-order valence-corrected chi connectivity index (χ4v) is 2.66. The SMILES string of the molecule is C=CCCOCCNS(=O)(=O)c1ccc(N)cc1OC. The number of nitrogens with one attached hydrogen (secondary N) is 1. The Morgan fingerprint density at radius 3 is 2.80 bits per heavy atom. The highest BCUT2D eigenvalue weighted by Crippen LogP contribution is 2.25. The van der Waals surface area contributed by atoms with Crippen LogP contribution >= 0.6 is 0 Å². The molecule has 0 spiro atoms. The lowest BCUT2D eigenvalue weighted by molar-refractivity contribution is 0.144. The highest BCUT2D eigenvalue weighted by Gasteiger charge is 2.18. The summed E-state index contributed by atoms with van der Waals surface area (Å²) in [7, 11) is -2.25. The van der Waals surface area contributed by atoms with E-state index in [0.717, 1.165) is 6.42 Å². The third-order valence-corrected chi connectivity index (χ3v) is 3.98. The van der Waals surface area contributed by atoms with Gasteiger partial charge < -0.3 is 15.2 Å². The van der Waals surface area contributed by atoms with Gasteiger partial charge >= 0.3 is 0 Å². The molecular formula is C13H20N2O4S. The first-order valence-corrected chi connectivity index (χ1v) is 7.61. The number of nitrogen functional groups attached to an aromatic ring is 1. The van der Waals surface area contributed by atoms with Crippen LogP contribution in [0, 0.1) is 0 Å². The molecule has 1 aromatic rings. The standard InChI is InChI=1S/C13H20N2O4S/c1-3-4-8-19-9-7-15-20(16,17)13-6-5-11(14)10-12(13)18-2/h3,5-6,10,15H,1,4,7-9,14H2,2H3. The lowest BCUT2D eigenvalue weighted by atomic mass is 10.3. The van der Waals surface area contributed by atoms with Crippen molar-refractivity contribution in [1.29, 1.82) is 0 Å². The van der Waals surface area contributed by atoms with Gasteiger partial charge in [0.2, 0.25) is 10.0 Å². The Morgan fingerprint density at radius 1 is 1.40 bits per heavy atom. The number of sulfonamides is 1. The highest BCUT2D eigenvalue weighted by molar-refractivity contribution is 7.89. The van der Waals surface area contributed by atoms with Gasteiger partial charge in [-0.3, -0.25) is 0 Å². The average Bonchev–Trinajstić information content (AvgIpc) is 2.42. The van der Waals surface area contributed by atoms with E-state index in [1.807, 2.05) is 0 Å². The minimum Gasteiger partial charge on any atom is -0.495 e. The fourth-order valence-electron chi connectivity index (χ4n) is 1.50. The number of methoxy groups -OCH3 is 1. The molecule has 0 atom stereocenters. The van der Waals surface area contributed by atoms with Gasteiger partial charge in [0.15, 0.2) is 0 Å². The van der Waals surface area contributed by atoms with Crippen LogP contribution in [0.2, 0.25) is 0 Å². The molecule has 3 N–H and O–H groups in total. The molecule has 0 bridgehead atoms. The second kappa shape index (κ2) is 7.88. The second-order valence-electron chi connectivity index (χ2n) is 4.00. The van der Waals surface area contributed by atoms with E-state index in [4.69, 9.17) is 15.2 Å². The maximum absolute atomic E-state index is 12.1. The summed E-state index contributed by atoms with van der Waals surface area (Å²) in [6, 6.07) is 4.39. The lowest BCUT2D eigenvalue weighted by Crippen LogP contribution is -2.28. The summed E-state index contributed by atoms with van der Waals surface area (Å²) < 4.78 is 36.9. The molecule has 0 saturated heterocycles. The van der Waals surface area contributed by atoms with Crippen LogP contribution in [-0.2, 0) is 14.8 Å². The zero-order valence-corrected chi connectivity index (χ0v) is 12.3. The van der Waals surface area contributed by atoms with Crippen molar-refractivity contribution in [1.82, 2.24) is 4.72 Å². The molecule has 0 aliphatic heterocycles. The highest BCUT2D eigenvalue weighted by atomic mass is 32.2. The van der Waals surface area contributed by atoms with Gasteiger partial charge in [0.25, 0.3) is 0 Å². The summed E-state index contributed by atoms with van der Waals surface area (Å²) in [5, 5.41) is 0. The average molecular weight is 300 g/mol. The molecule has 1 aromatic carbocycles. The number of hydrogen-bond donors (Lipinski definition) is 2. The predicted octanol–water partition coefficient (Wildman–Crippen LogP) is 1.15. The largest absolute Gasteiger partial charge is 0.495 e. The van der Waals surface area contributed by atoms with Gasteiger partial charge in [-0.25, -0.2) is 13.1 Å². The minimum absolute atomic E-state index is 0.0558. The summed E-state index contributed by atoms with van der Waals surface area (Å²) in [4.78, 5) is 0.0558. The van der Waals surface area contributed by atoms with Crippen molar-refractivity contribution < 1.29 is 17.9 Å². The van der Waals surface area contributed by atoms with Crippen LogP contribution < -0.4 is 15.2 Å². The molecule has 0 amide bonds. The number of rotatable bonds is 9. The van der Waals surface area contributed by atoms with Crippen molar-refractivity contribution >= 4 is 15.7 Å². The van der Waals surface area contributed by atoms with Crippen molar-refractivity contribution in [2.45, 2.75) is 11.3 Å². The number of anilines is 1. The minimum atomic E-state index is -3.64. The Labute approximate surface area is 119 Å². The molecule has 20 heavy (non-hydrogen) atoms. The lowest BCUT2D eigenvalue weighted by Gasteiger charge is -2.11. The monoisotopic (exact) mass is 300 g/mol. The Morgan fingerprint density at radius 2 is 2.15 bits per heavy atom. The van der Waals surface area contributed by atoms with Crippen LogP contribution in [0.15, 0.2) is 35.7 Å². The Balaban J connectivity index is 2.62. The first-order valence-electron chi connectivity index (χ1n) is 6.13. The van der Waals surface area contributed by atoms with Crippen LogP contribution in [0.4, 0.5) is 5.69 Å². The fraction of sp³-hybridized carbons (Fsp3) is 0.385. The number of nitrogens with two attached hydrogens (primary N) is 1. The van der Waals surface area contributed by atoms with Crippen LogP contribution in [0.25, 0.3) is 0 Å². The summed E-state index contributed by atoms with van der Waals surface area (Å²) in [5.41, 5.74) is 6.03. The van der Waals surface area contributed by atoms with Crippen LogP contribution in [0.1, 0.15) is 6.42 Å². The molecule has 0 fully saturated rings. The van der Waals surface area contributed by atoms with Gasteiger partial charge in [-0.05, 0) is 18.6 Å². The van der Waals surface area contributed by atoms with Gasteiger partial charge in [0, 0.05) is 18.3 Å². The van der Waals surface area contributed by atoms with E-state index in [9.17, 15) is 8.42 Å². The van der Waals surface area contributed by atoms with Gasteiger partial charge in [-0.15, -0.1) is 6.58 Å². The van der Waals surface area contributed by atoms with Crippen LogP contribution in [-0.4, -0.2) is 35.3 Å². The number of hydrogen-bond acceptors (Lipinski definition) is 5. The van der Waals surface area contributed by atoms with Crippen LogP contribution in [0.5, 0.6) is 5.75 Å². The zero-order chi connectivity index (χ0) is 15.0. The predicted molar refractivity (Wildman–Crippen MR) is 78.2 cm³/mol. The molecule has 6 nitrogen and oxygen atoms in total. The summed E-state index contributed by atoms with van der Waals surface area (Å²) in [5.74, 6) is 0.213. The van der Waals surface area contributed by atoms with E-state index >= 15 is 0 Å². The Hall–Kier alpha value is -1.57. The summed E-state index contributed by atoms with van der Waals surface area (Å²) in [6.45, 7) is 4.58. The third-order valence-electron chi connectivity index (χ3n) is 2.48. The topological polar surface area (TPSA) is 90.7 Å². The van der Waals surface area contributed by atoms with E-state index in [2.05, 4.69) is 11.3 Å². The molecule has 0 unspecified atom stereocenters. The molecule has 7 heteroatoms. The quantitative estimate of drug-likeness (QED) is 0.405. The normalized spacial score (nSPS) is 11.2. The molecule has 0 radical (unpaired) electrons. The van der Waals surface area contributed by atoms with Crippen molar-refractivity contribution in [3.05, 3.63) is 30.9 Å². The number of benzene rings is 1. The van der Waals surface area contributed by atoms with E-state index < -0.39 is 10.0 Å². The van der Waals surface area contributed by atoms with Crippen molar-refractivity contribution in [2.75, 3.05) is 32.6 Å². The van der Waals surface area contributed by atoms with Crippen molar-refractivity contribution in [3.8, 4) is 5.75 Å². The van der Waals surface area contributed by atoms with E-state index in [1.54, 1.807) is 6.08 Å². The second-order valence-corrected chi connectivity index (χ2v) is 5.73. The molecule has 0 aliphatic carbocycles. The third kappa shape index (κ3) is 4.84. The molecule has 0 heterocycles. The summed E-state index contributed by atoms with van der Waals surface area (Å²) in [6.07, 6.45) is 2.47. The smallest absolute Gasteiger partial charge is 0.244 e. The Bertz CT molecular complexity index is 543. The summed E-state index contributed by atoms with van der Waals surface area (Å²) >= 11 is 0. The molecule has 1 rings (SSSR count). The molecule has 112 valence electrons. The van der Waals surface area contributed by atoms with E-state index in [0.29, 0.717) is 18.9 Å². The maximum Gasteiger partial charge on any atom is 0.244 e. The van der Waals surface area contributed by atoms with Gasteiger partial charge in [-0.1, -0.05) is 6.08 Å². The molecule has 0 saturated carbocycles. The molecular weight excluding hydrogens is 280 g/mol. The first kappa shape index (κ1) is 16.5. The van der Waals surface area contributed by atoms with Gasteiger partial charge in [0.05, 0.1) is 20.3 Å². The molecule has 0 aromatic heterocycles. The first-order chi connectivity index (χ1) is 9.51. The Kier molecular flexibility index (Phi) is 6.50. The van der Waals surface area contributed by atoms with Crippen molar-refractivity contribution in [2.24, 2.45) is 0 Å². The van der Waals surface area contributed by atoms with Crippen molar-refractivity contribution in [3.63, 3.8) is 0 Å². The number of ether oxygens (including phenoxy) is 2.